The van der Waals surface area contributed by atoms with Gasteiger partial charge in [0.25, 0.3) is 5.91 Å². The number of esters is 1. The number of nitrogens with zero attached hydrogens (tertiary/aromatic N) is 2. The molecule has 7 nitrogen and oxygen atoms in total. The third-order valence-electron chi connectivity index (χ3n) is 4.18. The fourth-order valence-electron chi connectivity index (χ4n) is 2.58. The average molecular weight is 369 g/mol. The number of nitrogens with one attached hydrogen (secondary N) is 1. The van der Waals surface area contributed by atoms with Crippen molar-refractivity contribution in [3.05, 3.63) is 52.9 Å². The summed E-state index contributed by atoms with van der Waals surface area (Å²) in [6.45, 7) is 6.63. The monoisotopic (exact) mass is 369 g/mol. The first-order chi connectivity index (χ1) is 12.7. The van der Waals surface area contributed by atoms with Gasteiger partial charge in [0.1, 0.15) is 0 Å². The van der Waals surface area contributed by atoms with Gasteiger partial charge in [0.15, 0.2) is 11.9 Å². The van der Waals surface area contributed by atoms with E-state index in [4.69, 9.17) is 4.74 Å². The van der Waals surface area contributed by atoms with Gasteiger partial charge in [-0.15, -0.1) is 0 Å². The van der Waals surface area contributed by atoms with Gasteiger partial charge in [-0.2, -0.15) is 5.10 Å². The van der Waals surface area contributed by atoms with Crippen LogP contribution in [0, 0.1) is 13.8 Å². The quantitative estimate of drug-likeness (QED) is 0.480. The van der Waals surface area contributed by atoms with Gasteiger partial charge < -0.3 is 10.1 Å². The number of hydrogen-bond acceptors (Lipinski definition) is 5. The van der Waals surface area contributed by atoms with Crippen LogP contribution < -0.4 is 5.32 Å². The van der Waals surface area contributed by atoms with Crippen LogP contribution in [0.25, 0.3) is 6.08 Å². The van der Waals surface area contributed by atoms with E-state index in [-0.39, 0.29) is 5.78 Å². The van der Waals surface area contributed by atoms with Crippen LogP contribution in [0.2, 0.25) is 0 Å². The predicted molar refractivity (Wildman–Crippen MR) is 102 cm³/mol. The molecule has 0 spiro atoms. The van der Waals surface area contributed by atoms with E-state index in [1.807, 2.05) is 20.9 Å². The van der Waals surface area contributed by atoms with Crippen LogP contribution in [-0.4, -0.2) is 33.5 Å². The summed E-state index contributed by atoms with van der Waals surface area (Å²) in [7, 11) is 1.82. The van der Waals surface area contributed by atoms with Crippen molar-refractivity contribution in [1.82, 2.24) is 9.78 Å². The van der Waals surface area contributed by atoms with E-state index in [0.29, 0.717) is 11.3 Å². The summed E-state index contributed by atoms with van der Waals surface area (Å²) in [4.78, 5) is 35.9. The lowest BCUT2D eigenvalue weighted by Gasteiger charge is -2.14. The van der Waals surface area contributed by atoms with Gasteiger partial charge in [-0.1, -0.05) is 12.1 Å². The van der Waals surface area contributed by atoms with Crippen LogP contribution in [-0.2, 0) is 21.4 Å². The highest BCUT2D eigenvalue weighted by Gasteiger charge is 2.18. The Morgan fingerprint density at radius 3 is 2.48 bits per heavy atom. The number of aryl methyl sites for hydroxylation is 2. The lowest BCUT2D eigenvalue weighted by Crippen LogP contribution is -2.30. The van der Waals surface area contributed by atoms with Crippen molar-refractivity contribution in [2.75, 3.05) is 5.32 Å². The van der Waals surface area contributed by atoms with Crippen molar-refractivity contribution in [1.29, 1.82) is 0 Å². The Bertz CT molecular complexity index is 912. The summed E-state index contributed by atoms with van der Waals surface area (Å²) in [5.41, 5.74) is 3.33. The molecule has 7 heteroatoms. The zero-order chi connectivity index (χ0) is 20.1. The lowest BCUT2D eigenvalue weighted by molar-refractivity contribution is -0.148. The van der Waals surface area contributed by atoms with E-state index < -0.39 is 18.0 Å². The van der Waals surface area contributed by atoms with Crippen LogP contribution in [0.5, 0.6) is 0 Å². The summed E-state index contributed by atoms with van der Waals surface area (Å²) in [6, 6.07) is 6.66. The van der Waals surface area contributed by atoms with E-state index in [1.54, 1.807) is 35.0 Å². The third-order valence-corrected chi connectivity index (χ3v) is 4.18. The van der Waals surface area contributed by atoms with Crippen LogP contribution >= 0.6 is 0 Å². The highest BCUT2D eigenvalue weighted by molar-refractivity contribution is 6.05. The zero-order valence-corrected chi connectivity index (χ0v) is 16.1. The van der Waals surface area contributed by atoms with Crippen LogP contribution in [0.4, 0.5) is 5.69 Å². The number of Topliss-reactive ketones (excluding diaryl/α,β-unsaturated/α-hetero) is 1. The molecule has 1 atom stereocenters. The van der Waals surface area contributed by atoms with Gasteiger partial charge in [-0.05, 0) is 45.9 Å². The number of carbonyl (C=O) groups excluding carboxylic acids is 3. The molecule has 0 aliphatic heterocycles. The standard InChI is InChI=1S/C20H23N3O4/c1-12-16(13(2)23(5)22-12)10-11-19(25)27-15(4)20(26)21-18-9-7-6-8-17(18)14(3)24/h6-11,15H,1-5H3,(H,21,26)/b11-10+/t15-/m1/s1. The molecule has 1 aromatic heterocycles. The SMILES string of the molecule is CC(=O)c1ccccc1NC(=O)[C@@H](C)OC(=O)/C=C/c1c(C)nn(C)c1C. The highest BCUT2D eigenvalue weighted by Crippen LogP contribution is 2.16. The van der Waals surface area contributed by atoms with Gasteiger partial charge >= 0.3 is 5.97 Å². The Balaban J connectivity index is 2.01. The van der Waals surface area contributed by atoms with Gasteiger partial charge in [0, 0.05) is 29.9 Å². The molecule has 0 saturated carbocycles. The smallest absolute Gasteiger partial charge is 0.331 e. The molecule has 0 aliphatic rings. The number of rotatable bonds is 6. The third kappa shape index (κ3) is 4.91. The minimum absolute atomic E-state index is 0.166. The molecule has 1 amide bonds. The second-order valence-corrected chi connectivity index (χ2v) is 6.21. The fourth-order valence-corrected chi connectivity index (χ4v) is 2.58. The lowest BCUT2D eigenvalue weighted by atomic mass is 10.1. The van der Waals surface area contributed by atoms with E-state index in [1.165, 1.54) is 19.9 Å². The molecule has 0 saturated heterocycles. The van der Waals surface area contributed by atoms with Gasteiger partial charge in [0.2, 0.25) is 0 Å². The first kappa shape index (κ1) is 20.1. The molecule has 1 N–H and O–H groups in total. The van der Waals surface area contributed by atoms with Gasteiger partial charge in [0.05, 0.1) is 11.4 Å². The molecule has 0 fully saturated rings. The number of aromatic nitrogens is 2. The molecule has 1 heterocycles. The molecule has 2 aromatic rings. The number of anilines is 1. The molecular formula is C20H23N3O4. The van der Waals surface area contributed by atoms with Crippen molar-refractivity contribution in [3.63, 3.8) is 0 Å². The number of ether oxygens (including phenoxy) is 1. The summed E-state index contributed by atoms with van der Waals surface area (Å²) < 4.78 is 6.87. The first-order valence-corrected chi connectivity index (χ1v) is 8.50. The summed E-state index contributed by atoms with van der Waals surface area (Å²) in [5.74, 6) is -1.32. The molecule has 0 unspecified atom stereocenters. The number of amides is 1. The summed E-state index contributed by atoms with van der Waals surface area (Å²) in [6.07, 6.45) is 1.87. The molecule has 27 heavy (non-hydrogen) atoms. The molecular weight excluding hydrogens is 346 g/mol. The number of ketones is 1. The maximum atomic E-state index is 12.3. The molecule has 0 radical (unpaired) electrons. The van der Waals surface area contributed by atoms with Crippen LogP contribution in [0.3, 0.4) is 0 Å². The zero-order valence-electron chi connectivity index (χ0n) is 16.1. The Labute approximate surface area is 158 Å². The maximum Gasteiger partial charge on any atom is 0.331 e. The van der Waals surface area contributed by atoms with E-state index in [2.05, 4.69) is 10.4 Å². The predicted octanol–water partition coefficient (Wildman–Crippen LogP) is 2.82. The molecule has 142 valence electrons. The highest BCUT2D eigenvalue weighted by atomic mass is 16.5. The normalized spacial score (nSPS) is 12.0. The second-order valence-electron chi connectivity index (χ2n) is 6.21. The van der Waals surface area contributed by atoms with E-state index in [0.717, 1.165) is 17.0 Å². The van der Waals surface area contributed by atoms with Crippen molar-refractivity contribution in [3.8, 4) is 0 Å². The van der Waals surface area contributed by atoms with Gasteiger partial charge in [-0.3, -0.25) is 14.3 Å². The number of carbonyl (C=O) groups is 3. The summed E-state index contributed by atoms with van der Waals surface area (Å²) in [5, 5.41) is 6.89. The van der Waals surface area contributed by atoms with Crippen molar-refractivity contribution in [2.45, 2.75) is 33.8 Å². The minimum atomic E-state index is -1.02. The minimum Gasteiger partial charge on any atom is -0.449 e. The Morgan fingerprint density at radius 1 is 1.22 bits per heavy atom. The van der Waals surface area contributed by atoms with E-state index in [9.17, 15) is 14.4 Å². The van der Waals surface area contributed by atoms with E-state index >= 15 is 0 Å². The topological polar surface area (TPSA) is 90.3 Å². The molecule has 1 aromatic carbocycles. The second kappa shape index (κ2) is 8.44. The molecule has 2 rings (SSSR count). The van der Waals surface area contributed by atoms with Crippen molar-refractivity contribution < 1.29 is 19.1 Å². The number of benzene rings is 1. The van der Waals surface area contributed by atoms with Gasteiger partial charge in [-0.25, -0.2) is 4.79 Å². The van der Waals surface area contributed by atoms with Crippen LogP contribution in [0.1, 0.15) is 41.2 Å². The van der Waals surface area contributed by atoms with Crippen LogP contribution in [0.15, 0.2) is 30.3 Å². The largest absolute Gasteiger partial charge is 0.449 e. The first-order valence-electron chi connectivity index (χ1n) is 8.50. The van der Waals surface area contributed by atoms with Crippen molar-refractivity contribution >= 4 is 29.4 Å². The number of para-hydroxylation sites is 1. The average Bonchev–Trinajstić information content (AvgIpc) is 2.85. The summed E-state index contributed by atoms with van der Waals surface area (Å²) >= 11 is 0. The molecule has 0 bridgehead atoms. The number of hydrogen-bond donors (Lipinski definition) is 1. The van der Waals surface area contributed by atoms with Crippen molar-refractivity contribution in [2.24, 2.45) is 7.05 Å². The Kier molecular flexibility index (Phi) is 6.28. The Morgan fingerprint density at radius 2 is 1.89 bits per heavy atom. The molecule has 0 aliphatic carbocycles. The Hall–Kier alpha value is -3.22. The maximum absolute atomic E-state index is 12.3. The fraction of sp³-hybridized carbons (Fsp3) is 0.300.